The Bertz CT molecular complexity index is 1110. The van der Waals surface area contributed by atoms with Gasteiger partial charge in [0, 0.05) is 17.1 Å². The number of rotatable bonds is 4. The fourth-order valence-corrected chi connectivity index (χ4v) is 5.64. The Balaban J connectivity index is 1.60. The van der Waals surface area contributed by atoms with Crippen molar-refractivity contribution in [2.45, 2.75) is 50.7 Å². The summed E-state index contributed by atoms with van der Waals surface area (Å²) >= 11 is 1.60. The third kappa shape index (κ3) is 2.91. The Morgan fingerprint density at radius 2 is 1.93 bits per heavy atom. The Labute approximate surface area is 179 Å². The summed E-state index contributed by atoms with van der Waals surface area (Å²) in [6, 6.07) is 11.5. The smallest absolute Gasteiger partial charge is 0.275 e. The molecule has 30 heavy (non-hydrogen) atoms. The van der Waals surface area contributed by atoms with Crippen LogP contribution in [0.4, 0.5) is 5.69 Å². The predicted octanol–water partition coefficient (Wildman–Crippen LogP) is 4.19. The highest BCUT2D eigenvalue weighted by Gasteiger charge is 2.49. The van der Waals surface area contributed by atoms with Crippen LogP contribution in [-0.4, -0.2) is 35.1 Å². The van der Waals surface area contributed by atoms with Crippen molar-refractivity contribution >= 4 is 39.1 Å². The second-order valence-corrected chi connectivity index (χ2v) is 9.26. The van der Waals surface area contributed by atoms with Crippen LogP contribution < -0.4 is 15.0 Å². The first-order chi connectivity index (χ1) is 14.5. The third-order valence-corrected chi connectivity index (χ3v) is 7.35. The van der Waals surface area contributed by atoms with Gasteiger partial charge in [0.2, 0.25) is 5.91 Å². The van der Waals surface area contributed by atoms with E-state index in [0.717, 1.165) is 35.9 Å². The maximum absolute atomic E-state index is 13.7. The number of carbonyl (C=O) groups excluding carboxylic acids is 2. The fraction of sp³-hybridized carbons (Fsp3) is 0.391. The topological polar surface area (TPSA) is 63.6 Å². The van der Waals surface area contributed by atoms with E-state index in [-0.39, 0.29) is 17.9 Å². The van der Waals surface area contributed by atoms with Gasteiger partial charge in [-0.15, -0.1) is 11.3 Å². The number of thiophene rings is 1. The van der Waals surface area contributed by atoms with Gasteiger partial charge in [-0.1, -0.05) is 12.8 Å². The van der Waals surface area contributed by atoms with E-state index in [1.165, 1.54) is 0 Å². The van der Waals surface area contributed by atoms with Crippen LogP contribution >= 0.6 is 11.3 Å². The maximum atomic E-state index is 13.7. The zero-order valence-corrected chi connectivity index (χ0v) is 18.0. The highest BCUT2D eigenvalue weighted by Crippen LogP contribution is 2.38. The lowest BCUT2D eigenvalue weighted by Gasteiger charge is -2.44. The van der Waals surface area contributed by atoms with Crippen LogP contribution in [0.15, 0.2) is 41.8 Å². The highest BCUT2D eigenvalue weighted by molar-refractivity contribution is 7.16. The van der Waals surface area contributed by atoms with Crippen LogP contribution in [0, 0.1) is 0 Å². The first-order valence-corrected chi connectivity index (χ1v) is 11.3. The monoisotopic (exact) mass is 423 g/mol. The number of benzene rings is 1. The summed E-state index contributed by atoms with van der Waals surface area (Å²) in [6.07, 6.45) is 4.28. The molecule has 5 rings (SSSR count). The number of hydrogen-bond acceptors (Lipinski definition) is 4. The summed E-state index contributed by atoms with van der Waals surface area (Å²) in [5.74, 6) is 0.464. The van der Waals surface area contributed by atoms with Crippen molar-refractivity contribution in [2.75, 3.05) is 12.0 Å². The number of hydrogen-bond donors (Lipinski definition) is 1. The Morgan fingerprint density at radius 3 is 2.63 bits per heavy atom. The van der Waals surface area contributed by atoms with E-state index in [1.54, 1.807) is 23.3 Å². The van der Waals surface area contributed by atoms with Crippen molar-refractivity contribution in [1.29, 1.82) is 0 Å². The summed E-state index contributed by atoms with van der Waals surface area (Å²) in [5, 5.41) is 6.29. The second kappa shape index (κ2) is 7.16. The predicted molar refractivity (Wildman–Crippen MR) is 118 cm³/mol. The van der Waals surface area contributed by atoms with Gasteiger partial charge in [0.15, 0.2) is 0 Å². The molecule has 6 nitrogen and oxygen atoms in total. The molecule has 0 bridgehead atoms. The molecular weight excluding hydrogens is 398 g/mol. The van der Waals surface area contributed by atoms with Crippen molar-refractivity contribution < 1.29 is 14.3 Å². The zero-order valence-electron chi connectivity index (χ0n) is 17.2. The van der Waals surface area contributed by atoms with Gasteiger partial charge in [0.1, 0.15) is 21.8 Å². The summed E-state index contributed by atoms with van der Waals surface area (Å²) in [5.41, 5.74) is 0.288. The summed E-state index contributed by atoms with van der Waals surface area (Å²) in [4.78, 5) is 30.0. The van der Waals surface area contributed by atoms with Crippen molar-refractivity contribution in [2.24, 2.45) is 0 Å². The second-order valence-electron chi connectivity index (χ2n) is 8.36. The number of carbonyl (C=O) groups is 2. The van der Waals surface area contributed by atoms with Gasteiger partial charge in [-0.2, -0.15) is 0 Å². The molecule has 0 saturated heterocycles. The number of aromatic nitrogens is 1. The molecule has 1 fully saturated rings. The standard InChI is InChI=1S/C23H25N3O3S/c1-23(22(28)24-16-5-3-4-6-16)14-25-19(13-15-11-12-30-21(15)25)20(27)26(23)17-7-9-18(29-2)10-8-17/h7-13,16H,3-6,14H2,1-2H3,(H,24,28). The fourth-order valence-electron chi connectivity index (χ4n) is 4.74. The van der Waals surface area contributed by atoms with Gasteiger partial charge in [-0.3, -0.25) is 14.5 Å². The quantitative estimate of drug-likeness (QED) is 0.684. The molecule has 1 N–H and O–H groups in total. The molecule has 1 saturated carbocycles. The molecule has 3 aromatic rings. The minimum absolute atomic E-state index is 0.0948. The molecule has 1 aromatic carbocycles. The van der Waals surface area contributed by atoms with E-state index in [2.05, 4.69) is 5.32 Å². The number of anilines is 1. The number of nitrogens with one attached hydrogen (secondary N) is 1. The van der Waals surface area contributed by atoms with E-state index in [0.29, 0.717) is 23.7 Å². The molecule has 1 unspecified atom stereocenters. The van der Waals surface area contributed by atoms with Crippen LogP contribution in [0.1, 0.15) is 43.1 Å². The lowest BCUT2D eigenvalue weighted by atomic mass is 9.93. The van der Waals surface area contributed by atoms with E-state index < -0.39 is 5.54 Å². The zero-order chi connectivity index (χ0) is 20.9. The molecule has 156 valence electrons. The molecule has 1 aliphatic heterocycles. The maximum Gasteiger partial charge on any atom is 0.275 e. The Morgan fingerprint density at radius 1 is 1.20 bits per heavy atom. The molecular formula is C23H25N3O3S. The molecule has 1 atom stereocenters. The van der Waals surface area contributed by atoms with Crippen molar-refractivity contribution in [1.82, 2.24) is 9.88 Å². The number of nitrogens with zero attached hydrogens (tertiary/aromatic N) is 2. The first kappa shape index (κ1) is 19.2. The molecule has 2 aliphatic rings. The molecule has 7 heteroatoms. The van der Waals surface area contributed by atoms with E-state index >= 15 is 0 Å². The highest BCUT2D eigenvalue weighted by atomic mass is 32.1. The Hall–Kier alpha value is -2.80. The molecule has 2 amide bonds. The number of fused-ring (bicyclic) bond motifs is 3. The minimum Gasteiger partial charge on any atom is -0.497 e. The summed E-state index contributed by atoms with van der Waals surface area (Å²) in [7, 11) is 1.61. The molecule has 1 aliphatic carbocycles. The molecule has 2 aromatic heterocycles. The lowest BCUT2D eigenvalue weighted by Crippen LogP contribution is -2.65. The van der Waals surface area contributed by atoms with Crippen LogP contribution in [0.5, 0.6) is 5.75 Å². The van der Waals surface area contributed by atoms with Gasteiger partial charge >= 0.3 is 0 Å². The number of methoxy groups -OCH3 is 1. The van der Waals surface area contributed by atoms with Gasteiger partial charge in [0.05, 0.1) is 13.7 Å². The Kier molecular flexibility index (Phi) is 4.58. The SMILES string of the molecule is COc1ccc(N2C(=O)c3cc4ccsc4n3CC2(C)C(=O)NC2CCCC2)cc1. The third-order valence-electron chi connectivity index (χ3n) is 6.39. The molecule has 3 heterocycles. The number of ether oxygens (including phenoxy) is 1. The van der Waals surface area contributed by atoms with Crippen LogP contribution in [0.2, 0.25) is 0 Å². The van der Waals surface area contributed by atoms with Crippen LogP contribution in [-0.2, 0) is 11.3 Å². The van der Waals surface area contributed by atoms with E-state index in [1.807, 2.05) is 53.3 Å². The van der Waals surface area contributed by atoms with Gasteiger partial charge in [0.25, 0.3) is 5.91 Å². The first-order valence-electron chi connectivity index (χ1n) is 10.4. The van der Waals surface area contributed by atoms with Crippen molar-refractivity contribution in [3.63, 3.8) is 0 Å². The summed E-state index contributed by atoms with van der Waals surface area (Å²) < 4.78 is 7.28. The van der Waals surface area contributed by atoms with Crippen LogP contribution in [0.3, 0.4) is 0 Å². The average molecular weight is 424 g/mol. The van der Waals surface area contributed by atoms with Gasteiger partial charge in [-0.05, 0) is 61.5 Å². The van der Waals surface area contributed by atoms with E-state index in [9.17, 15) is 9.59 Å². The van der Waals surface area contributed by atoms with Crippen molar-refractivity contribution in [3.8, 4) is 5.75 Å². The minimum atomic E-state index is -1.03. The largest absolute Gasteiger partial charge is 0.497 e. The lowest BCUT2D eigenvalue weighted by molar-refractivity contribution is -0.127. The van der Waals surface area contributed by atoms with Gasteiger partial charge in [-0.25, -0.2) is 0 Å². The van der Waals surface area contributed by atoms with Crippen LogP contribution in [0.25, 0.3) is 10.2 Å². The number of amides is 2. The molecule has 0 radical (unpaired) electrons. The summed E-state index contributed by atoms with van der Waals surface area (Å²) in [6.45, 7) is 2.30. The average Bonchev–Trinajstić information content (AvgIpc) is 3.47. The van der Waals surface area contributed by atoms with E-state index in [4.69, 9.17) is 4.74 Å². The van der Waals surface area contributed by atoms with Gasteiger partial charge < -0.3 is 14.6 Å². The normalized spacial score (nSPS) is 21.8. The molecule has 0 spiro atoms. The van der Waals surface area contributed by atoms with Crippen molar-refractivity contribution in [3.05, 3.63) is 47.5 Å².